The first-order valence-corrected chi connectivity index (χ1v) is 5.72. The first-order chi connectivity index (χ1) is 7.64. The van der Waals surface area contributed by atoms with Crippen molar-refractivity contribution in [3.05, 3.63) is 27.0 Å². The van der Waals surface area contributed by atoms with Crippen LogP contribution in [-0.4, -0.2) is 18.3 Å². The molecule has 94 valence electrons. The fourth-order valence-corrected chi connectivity index (χ4v) is 2.24. The molecule has 11 heteroatoms. The van der Waals surface area contributed by atoms with Crippen LogP contribution in [0.15, 0.2) is 11.0 Å². The van der Waals surface area contributed by atoms with E-state index in [4.69, 9.17) is 11.6 Å². The highest BCUT2D eigenvalue weighted by atomic mass is 35.5. The molecule has 0 aliphatic heterocycles. The highest BCUT2D eigenvalue weighted by Gasteiger charge is 2.30. The van der Waals surface area contributed by atoms with Gasteiger partial charge in [-0.05, 0) is 0 Å². The molecule has 2 N–H and O–H groups in total. The SMILES string of the molecule is NS(=O)(=O)c1c([N+](=O)[O-])cc(C(F)F)nc1Cl. The number of hydrogen-bond acceptors (Lipinski definition) is 5. The van der Waals surface area contributed by atoms with Crippen molar-refractivity contribution in [2.75, 3.05) is 0 Å². The normalized spacial score (nSPS) is 11.8. The van der Waals surface area contributed by atoms with Crippen LogP contribution in [0, 0.1) is 10.1 Å². The molecular weight excluding hydrogens is 284 g/mol. The van der Waals surface area contributed by atoms with Crippen LogP contribution < -0.4 is 5.14 Å². The highest BCUT2D eigenvalue weighted by Crippen LogP contribution is 2.32. The second-order valence-electron chi connectivity index (χ2n) is 2.79. The molecule has 0 amide bonds. The van der Waals surface area contributed by atoms with Gasteiger partial charge in [-0.25, -0.2) is 27.3 Å². The zero-order chi connectivity index (χ0) is 13.4. The van der Waals surface area contributed by atoms with E-state index in [1.165, 1.54) is 0 Å². The van der Waals surface area contributed by atoms with Gasteiger partial charge in [0.05, 0.1) is 4.92 Å². The zero-order valence-corrected chi connectivity index (χ0v) is 9.37. The molecular formula is C6H4ClF2N3O4S. The van der Waals surface area contributed by atoms with Crippen LogP contribution in [-0.2, 0) is 10.0 Å². The molecule has 0 unspecified atom stereocenters. The van der Waals surface area contributed by atoms with E-state index in [2.05, 4.69) is 10.1 Å². The molecule has 0 aromatic carbocycles. The van der Waals surface area contributed by atoms with Crippen LogP contribution in [0.4, 0.5) is 14.5 Å². The minimum atomic E-state index is -4.53. The third kappa shape index (κ3) is 2.84. The summed E-state index contributed by atoms with van der Waals surface area (Å²) in [6, 6.07) is 0.316. The largest absolute Gasteiger partial charge is 0.294 e. The van der Waals surface area contributed by atoms with Crippen molar-refractivity contribution in [3.8, 4) is 0 Å². The van der Waals surface area contributed by atoms with Crippen LogP contribution in [0.1, 0.15) is 12.1 Å². The molecule has 0 fully saturated rings. The minimum absolute atomic E-state index is 0.316. The summed E-state index contributed by atoms with van der Waals surface area (Å²) >= 11 is 5.30. The lowest BCUT2D eigenvalue weighted by Gasteiger charge is -2.05. The number of primary sulfonamides is 1. The van der Waals surface area contributed by atoms with Crippen molar-refractivity contribution in [2.45, 2.75) is 11.3 Å². The molecule has 0 saturated heterocycles. The monoisotopic (exact) mass is 287 g/mol. The number of nitro groups is 1. The number of rotatable bonds is 3. The van der Waals surface area contributed by atoms with Crippen LogP contribution in [0.5, 0.6) is 0 Å². The Morgan fingerprint density at radius 2 is 2.06 bits per heavy atom. The fraction of sp³-hybridized carbons (Fsp3) is 0.167. The summed E-state index contributed by atoms with van der Waals surface area (Å²) in [7, 11) is -4.53. The standard InChI is InChI=1S/C6H4ClF2N3O4S/c7-5-4(17(10,15)16)3(12(13)14)1-2(11-5)6(8)9/h1,6H,(H2,10,15,16). The summed E-state index contributed by atoms with van der Waals surface area (Å²) in [5.41, 5.74) is -2.14. The molecule has 0 aliphatic rings. The summed E-state index contributed by atoms with van der Waals surface area (Å²) in [4.78, 5) is 11.3. The molecule has 0 bridgehead atoms. The first kappa shape index (κ1) is 13.7. The predicted octanol–water partition coefficient (Wildman–Crippen LogP) is 1.23. The van der Waals surface area contributed by atoms with E-state index in [9.17, 15) is 27.3 Å². The second kappa shape index (κ2) is 4.47. The maximum absolute atomic E-state index is 12.3. The Morgan fingerprint density at radius 3 is 2.41 bits per heavy atom. The van der Waals surface area contributed by atoms with E-state index in [0.29, 0.717) is 6.07 Å². The average Bonchev–Trinajstić information content (AvgIpc) is 2.13. The van der Waals surface area contributed by atoms with E-state index >= 15 is 0 Å². The molecule has 0 aliphatic carbocycles. The summed E-state index contributed by atoms with van der Waals surface area (Å²) in [6.07, 6.45) is -3.12. The number of pyridine rings is 1. The molecule has 1 aromatic heterocycles. The van der Waals surface area contributed by atoms with Gasteiger partial charge in [0, 0.05) is 6.07 Å². The Bertz CT molecular complexity index is 577. The van der Waals surface area contributed by atoms with Crippen LogP contribution in [0.2, 0.25) is 5.15 Å². The summed E-state index contributed by atoms with van der Waals surface area (Å²) in [5, 5.41) is 14.3. The third-order valence-electron chi connectivity index (χ3n) is 1.64. The summed E-state index contributed by atoms with van der Waals surface area (Å²) < 4.78 is 46.6. The van der Waals surface area contributed by atoms with Crippen molar-refractivity contribution >= 4 is 27.3 Å². The lowest BCUT2D eigenvalue weighted by molar-refractivity contribution is -0.388. The van der Waals surface area contributed by atoms with Crippen LogP contribution >= 0.6 is 11.6 Å². The van der Waals surface area contributed by atoms with Crippen LogP contribution in [0.3, 0.4) is 0 Å². The van der Waals surface area contributed by atoms with Gasteiger partial charge < -0.3 is 0 Å². The summed E-state index contributed by atoms with van der Waals surface area (Å²) in [6.45, 7) is 0. The van der Waals surface area contributed by atoms with Gasteiger partial charge in [0.1, 0.15) is 5.69 Å². The third-order valence-corrected chi connectivity index (χ3v) is 2.99. The predicted molar refractivity (Wildman–Crippen MR) is 52.2 cm³/mol. The second-order valence-corrected chi connectivity index (χ2v) is 4.65. The van der Waals surface area contributed by atoms with Gasteiger partial charge in [0.15, 0.2) is 10.0 Å². The van der Waals surface area contributed by atoms with Crippen molar-refractivity contribution in [3.63, 3.8) is 0 Å². The Morgan fingerprint density at radius 1 is 1.53 bits per heavy atom. The molecule has 0 saturated carbocycles. The van der Waals surface area contributed by atoms with Crippen molar-refractivity contribution in [1.29, 1.82) is 0 Å². The van der Waals surface area contributed by atoms with Crippen molar-refractivity contribution < 1.29 is 22.1 Å². The Hall–Kier alpha value is -1.39. The van der Waals surface area contributed by atoms with Crippen LogP contribution in [0.25, 0.3) is 0 Å². The Kier molecular flexibility index (Phi) is 3.59. The van der Waals surface area contributed by atoms with Gasteiger partial charge in [-0.1, -0.05) is 11.6 Å². The van der Waals surface area contributed by atoms with Gasteiger partial charge in [-0.15, -0.1) is 0 Å². The maximum Gasteiger partial charge on any atom is 0.294 e. The van der Waals surface area contributed by atoms with Gasteiger partial charge in [-0.3, -0.25) is 10.1 Å². The number of aromatic nitrogens is 1. The quantitative estimate of drug-likeness (QED) is 0.510. The Balaban J connectivity index is 3.68. The highest BCUT2D eigenvalue weighted by molar-refractivity contribution is 7.89. The van der Waals surface area contributed by atoms with Gasteiger partial charge >= 0.3 is 0 Å². The van der Waals surface area contributed by atoms with Crippen molar-refractivity contribution in [1.82, 2.24) is 4.98 Å². The molecule has 0 radical (unpaired) electrons. The smallest absolute Gasteiger partial charge is 0.258 e. The van der Waals surface area contributed by atoms with E-state index in [1.807, 2.05) is 0 Å². The molecule has 1 rings (SSSR count). The van der Waals surface area contributed by atoms with Crippen molar-refractivity contribution in [2.24, 2.45) is 5.14 Å². The number of nitrogens with two attached hydrogens (primary N) is 1. The molecule has 17 heavy (non-hydrogen) atoms. The number of alkyl halides is 2. The lowest BCUT2D eigenvalue weighted by atomic mass is 10.3. The summed E-state index contributed by atoms with van der Waals surface area (Å²) in [5.74, 6) is 0. The van der Waals surface area contributed by atoms with E-state index in [-0.39, 0.29) is 0 Å². The van der Waals surface area contributed by atoms with E-state index in [0.717, 1.165) is 0 Å². The molecule has 0 spiro atoms. The van der Waals surface area contributed by atoms with E-state index < -0.39 is 42.8 Å². The van der Waals surface area contributed by atoms with Gasteiger partial charge in [0.25, 0.3) is 12.1 Å². The topological polar surface area (TPSA) is 116 Å². The first-order valence-electron chi connectivity index (χ1n) is 3.80. The Labute approximate surface area is 98.4 Å². The molecule has 1 aromatic rings. The fourth-order valence-electron chi connectivity index (χ4n) is 1.02. The minimum Gasteiger partial charge on any atom is -0.258 e. The number of nitrogens with zero attached hydrogens (tertiary/aromatic N) is 2. The molecule has 0 atom stereocenters. The van der Waals surface area contributed by atoms with Gasteiger partial charge in [-0.2, -0.15) is 0 Å². The van der Waals surface area contributed by atoms with E-state index in [1.54, 1.807) is 0 Å². The maximum atomic E-state index is 12.3. The zero-order valence-electron chi connectivity index (χ0n) is 7.80. The molecule has 1 heterocycles. The number of hydrogen-bond donors (Lipinski definition) is 1. The van der Waals surface area contributed by atoms with Gasteiger partial charge in [0.2, 0.25) is 10.0 Å². The average molecular weight is 288 g/mol. The molecule has 7 nitrogen and oxygen atoms in total. The number of halogens is 3. The lowest BCUT2D eigenvalue weighted by Crippen LogP contribution is -2.16. The number of sulfonamides is 1.